The summed E-state index contributed by atoms with van der Waals surface area (Å²) in [4.78, 5) is 28.6. The van der Waals surface area contributed by atoms with E-state index in [1.807, 2.05) is 41.0 Å². The molecule has 0 atom stereocenters. The molecule has 2 aliphatic rings. The van der Waals surface area contributed by atoms with Gasteiger partial charge in [0.25, 0.3) is 5.91 Å². The summed E-state index contributed by atoms with van der Waals surface area (Å²) in [5, 5.41) is 3.17. The maximum atomic E-state index is 12.5. The molecule has 1 aromatic rings. The second-order valence-electron chi connectivity index (χ2n) is 7.61. The molecule has 1 aromatic carbocycles. The minimum atomic E-state index is -0.0230. The van der Waals surface area contributed by atoms with E-state index >= 15 is 0 Å². The molecule has 2 fully saturated rings. The van der Waals surface area contributed by atoms with E-state index in [0.29, 0.717) is 38.0 Å². The summed E-state index contributed by atoms with van der Waals surface area (Å²) in [5.41, 5.74) is 1.16. The molecule has 0 spiro atoms. The molecule has 0 bridgehead atoms. The summed E-state index contributed by atoms with van der Waals surface area (Å²) in [6, 6.07) is 8.02. The van der Waals surface area contributed by atoms with Crippen molar-refractivity contribution < 1.29 is 14.3 Å². The van der Waals surface area contributed by atoms with Crippen molar-refractivity contribution in [1.82, 2.24) is 15.1 Å². The minimum absolute atomic E-state index is 0.0205. The van der Waals surface area contributed by atoms with Crippen LogP contribution < -0.4 is 10.1 Å². The molecule has 0 aromatic heterocycles. The van der Waals surface area contributed by atoms with Crippen LogP contribution in [0.4, 0.5) is 4.79 Å². The standard InChI is InChI=1S/C21H31N3O3/c1-17-8-10-19(11-9-17)27-16-20(25)23-12-5-13-24(15-14-23)21(26)22-18-6-3-2-4-7-18/h8-11,18H,2-7,12-16H2,1H3,(H,22,26). The summed E-state index contributed by atoms with van der Waals surface area (Å²) in [6.07, 6.45) is 6.65. The molecule has 6 nitrogen and oxygen atoms in total. The molecule has 1 heterocycles. The number of rotatable bonds is 4. The van der Waals surface area contributed by atoms with Crippen molar-refractivity contribution in [3.63, 3.8) is 0 Å². The molecule has 0 unspecified atom stereocenters. The van der Waals surface area contributed by atoms with E-state index in [-0.39, 0.29) is 18.5 Å². The number of nitrogens with zero attached hydrogens (tertiary/aromatic N) is 2. The number of nitrogens with one attached hydrogen (secondary N) is 1. The van der Waals surface area contributed by atoms with Crippen LogP contribution in [0.2, 0.25) is 0 Å². The summed E-state index contributed by atoms with van der Waals surface area (Å²) in [6.45, 7) is 4.56. The summed E-state index contributed by atoms with van der Waals surface area (Å²) < 4.78 is 5.61. The molecule has 1 aliphatic heterocycles. The number of amides is 3. The third-order valence-electron chi connectivity index (χ3n) is 5.45. The topological polar surface area (TPSA) is 61.9 Å². The highest BCUT2D eigenvalue weighted by Gasteiger charge is 2.24. The van der Waals surface area contributed by atoms with Gasteiger partial charge in [-0.1, -0.05) is 37.0 Å². The van der Waals surface area contributed by atoms with Crippen LogP contribution in [-0.2, 0) is 4.79 Å². The highest BCUT2D eigenvalue weighted by Crippen LogP contribution is 2.18. The molecular formula is C21H31N3O3. The lowest BCUT2D eigenvalue weighted by Gasteiger charge is -2.27. The number of carbonyl (C=O) groups is 2. The van der Waals surface area contributed by atoms with Crippen molar-refractivity contribution in [1.29, 1.82) is 0 Å². The Morgan fingerprint density at radius 2 is 1.63 bits per heavy atom. The number of ether oxygens (including phenoxy) is 1. The number of urea groups is 1. The Balaban J connectivity index is 1.43. The maximum absolute atomic E-state index is 12.5. The predicted octanol–water partition coefficient (Wildman–Crippen LogP) is 2.95. The molecule has 1 saturated heterocycles. The first-order valence-corrected chi connectivity index (χ1v) is 10.1. The van der Waals surface area contributed by atoms with E-state index in [1.165, 1.54) is 19.3 Å². The van der Waals surface area contributed by atoms with Crippen molar-refractivity contribution in [3.8, 4) is 5.75 Å². The fourth-order valence-electron chi connectivity index (χ4n) is 3.75. The van der Waals surface area contributed by atoms with Crippen LogP contribution in [-0.4, -0.2) is 60.6 Å². The average Bonchev–Trinajstić information content (AvgIpc) is 2.94. The quantitative estimate of drug-likeness (QED) is 0.883. The Labute approximate surface area is 161 Å². The van der Waals surface area contributed by atoms with E-state index in [0.717, 1.165) is 24.8 Å². The van der Waals surface area contributed by atoms with Crippen LogP contribution in [0, 0.1) is 6.92 Å². The first-order chi connectivity index (χ1) is 13.1. The summed E-state index contributed by atoms with van der Waals surface area (Å²) in [5.74, 6) is 0.683. The Morgan fingerprint density at radius 3 is 2.37 bits per heavy atom. The van der Waals surface area contributed by atoms with Crippen LogP contribution in [0.3, 0.4) is 0 Å². The molecule has 1 saturated carbocycles. The van der Waals surface area contributed by atoms with E-state index in [1.54, 1.807) is 0 Å². The molecule has 27 heavy (non-hydrogen) atoms. The first-order valence-electron chi connectivity index (χ1n) is 10.1. The molecule has 1 aliphatic carbocycles. The summed E-state index contributed by atoms with van der Waals surface area (Å²) in [7, 11) is 0. The number of hydrogen-bond acceptors (Lipinski definition) is 3. The first kappa shape index (κ1) is 19.5. The number of aryl methyl sites for hydroxylation is 1. The van der Waals surface area contributed by atoms with Gasteiger partial charge in [0.05, 0.1) is 0 Å². The summed E-state index contributed by atoms with van der Waals surface area (Å²) >= 11 is 0. The van der Waals surface area contributed by atoms with Gasteiger partial charge in [0.2, 0.25) is 0 Å². The Hall–Kier alpha value is -2.24. The van der Waals surface area contributed by atoms with E-state index < -0.39 is 0 Å². The second-order valence-corrected chi connectivity index (χ2v) is 7.61. The van der Waals surface area contributed by atoms with Gasteiger partial charge in [0, 0.05) is 32.2 Å². The van der Waals surface area contributed by atoms with Crippen molar-refractivity contribution in [2.24, 2.45) is 0 Å². The van der Waals surface area contributed by atoms with Crippen molar-refractivity contribution in [3.05, 3.63) is 29.8 Å². The van der Waals surface area contributed by atoms with Crippen LogP contribution >= 0.6 is 0 Å². The Morgan fingerprint density at radius 1 is 0.963 bits per heavy atom. The van der Waals surface area contributed by atoms with E-state index in [2.05, 4.69) is 5.32 Å². The molecule has 3 rings (SSSR count). The van der Waals surface area contributed by atoms with Crippen LogP contribution in [0.25, 0.3) is 0 Å². The number of benzene rings is 1. The molecule has 6 heteroatoms. The highest BCUT2D eigenvalue weighted by atomic mass is 16.5. The van der Waals surface area contributed by atoms with Crippen molar-refractivity contribution in [2.45, 2.75) is 51.5 Å². The second kappa shape index (κ2) is 9.62. The van der Waals surface area contributed by atoms with Crippen LogP contribution in [0.15, 0.2) is 24.3 Å². The molecular weight excluding hydrogens is 342 g/mol. The lowest BCUT2D eigenvalue weighted by atomic mass is 9.96. The zero-order valence-corrected chi connectivity index (χ0v) is 16.3. The highest BCUT2D eigenvalue weighted by molar-refractivity contribution is 5.78. The van der Waals surface area contributed by atoms with Gasteiger partial charge in [-0.3, -0.25) is 4.79 Å². The average molecular weight is 373 g/mol. The van der Waals surface area contributed by atoms with Gasteiger partial charge < -0.3 is 19.9 Å². The van der Waals surface area contributed by atoms with Gasteiger partial charge in [-0.05, 0) is 38.3 Å². The normalized spacial score (nSPS) is 18.7. The van der Waals surface area contributed by atoms with Crippen LogP contribution in [0.5, 0.6) is 5.75 Å². The van der Waals surface area contributed by atoms with Gasteiger partial charge in [0.1, 0.15) is 5.75 Å². The Bertz CT molecular complexity index is 626. The van der Waals surface area contributed by atoms with Crippen LogP contribution in [0.1, 0.15) is 44.1 Å². The fraction of sp³-hybridized carbons (Fsp3) is 0.619. The van der Waals surface area contributed by atoms with Crippen molar-refractivity contribution in [2.75, 3.05) is 32.8 Å². The minimum Gasteiger partial charge on any atom is -0.484 e. The van der Waals surface area contributed by atoms with Gasteiger partial charge in [-0.2, -0.15) is 0 Å². The fourth-order valence-corrected chi connectivity index (χ4v) is 3.75. The maximum Gasteiger partial charge on any atom is 0.317 e. The monoisotopic (exact) mass is 373 g/mol. The smallest absolute Gasteiger partial charge is 0.317 e. The van der Waals surface area contributed by atoms with Gasteiger partial charge in [0.15, 0.2) is 6.61 Å². The number of carbonyl (C=O) groups excluding carboxylic acids is 2. The Kier molecular flexibility index (Phi) is 6.96. The van der Waals surface area contributed by atoms with Gasteiger partial charge in [-0.25, -0.2) is 4.79 Å². The molecule has 1 N–H and O–H groups in total. The largest absolute Gasteiger partial charge is 0.484 e. The SMILES string of the molecule is Cc1ccc(OCC(=O)N2CCCN(C(=O)NC3CCCCC3)CC2)cc1. The van der Waals surface area contributed by atoms with Gasteiger partial charge in [-0.15, -0.1) is 0 Å². The zero-order valence-electron chi connectivity index (χ0n) is 16.3. The third-order valence-corrected chi connectivity index (χ3v) is 5.45. The van der Waals surface area contributed by atoms with Crippen molar-refractivity contribution >= 4 is 11.9 Å². The molecule has 0 radical (unpaired) electrons. The zero-order chi connectivity index (χ0) is 19.1. The lowest BCUT2D eigenvalue weighted by Crippen LogP contribution is -2.47. The molecule has 3 amide bonds. The van der Waals surface area contributed by atoms with Gasteiger partial charge >= 0.3 is 6.03 Å². The third kappa shape index (κ3) is 5.88. The predicted molar refractivity (Wildman–Crippen MR) is 105 cm³/mol. The van der Waals surface area contributed by atoms with E-state index in [9.17, 15) is 9.59 Å². The molecule has 148 valence electrons. The lowest BCUT2D eigenvalue weighted by molar-refractivity contribution is -0.133. The number of hydrogen-bond donors (Lipinski definition) is 1. The van der Waals surface area contributed by atoms with E-state index in [4.69, 9.17) is 4.74 Å².